The zero-order chi connectivity index (χ0) is 10.3. The molecule has 0 saturated heterocycles. The minimum absolute atomic E-state index is 0.215. The lowest BCUT2D eigenvalue weighted by Gasteiger charge is -2.26. The van der Waals surface area contributed by atoms with Gasteiger partial charge in [0.15, 0.2) is 0 Å². The molecule has 0 amide bonds. The highest BCUT2D eigenvalue weighted by Crippen LogP contribution is 2.18. The van der Waals surface area contributed by atoms with Gasteiger partial charge in [0, 0.05) is 18.6 Å². The molecule has 0 radical (unpaired) electrons. The molecule has 0 N–H and O–H groups in total. The van der Waals surface area contributed by atoms with E-state index < -0.39 is 8.56 Å². The van der Waals surface area contributed by atoms with E-state index in [1.165, 1.54) is 0 Å². The highest BCUT2D eigenvalue weighted by Gasteiger charge is 2.30. The van der Waals surface area contributed by atoms with E-state index in [1.54, 1.807) is 0 Å². The molecule has 2 nitrogen and oxygen atoms in total. The average Bonchev–Trinajstić information content (AvgIpc) is 2.02. The summed E-state index contributed by atoms with van der Waals surface area (Å²) in [5.74, 6) is 0. The summed E-state index contributed by atoms with van der Waals surface area (Å²) in [4.78, 5) is 0. The molecule has 0 bridgehead atoms. The van der Waals surface area contributed by atoms with Crippen LogP contribution in [0.3, 0.4) is 0 Å². The van der Waals surface area contributed by atoms with Crippen LogP contribution >= 0.6 is 11.6 Å². The first-order valence-corrected chi connectivity index (χ1v) is 7.92. The van der Waals surface area contributed by atoms with Crippen molar-refractivity contribution in [1.82, 2.24) is 0 Å². The summed E-state index contributed by atoms with van der Waals surface area (Å²) in [6.45, 7) is 9.61. The van der Waals surface area contributed by atoms with E-state index in [9.17, 15) is 0 Å². The van der Waals surface area contributed by atoms with E-state index in [1.807, 2.05) is 20.8 Å². The van der Waals surface area contributed by atoms with Crippen LogP contribution < -0.4 is 0 Å². The summed E-state index contributed by atoms with van der Waals surface area (Å²) in [6.07, 6.45) is 0.976. The predicted octanol–water partition coefficient (Wildman–Crippen LogP) is 3.15. The molecule has 80 valence electrons. The fourth-order valence-corrected chi connectivity index (χ4v) is 4.10. The summed E-state index contributed by atoms with van der Waals surface area (Å²) in [5, 5.41) is 0.215. The predicted molar refractivity (Wildman–Crippen MR) is 59.6 cm³/mol. The van der Waals surface area contributed by atoms with Crippen LogP contribution in [0, 0.1) is 0 Å². The maximum atomic E-state index is 5.90. The summed E-state index contributed by atoms with van der Waals surface area (Å²) in [7, 11) is -1.90. The minimum Gasteiger partial charge on any atom is -0.395 e. The third kappa shape index (κ3) is 6.49. The minimum atomic E-state index is -1.90. The van der Waals surface area contributed by atoms with E-state index in [2.05, 4.69) is 6.55 Å². The van der Waals surface area contributed by atoms with Crippen LogP contribution in [0.4, 0.5) is 0 Å². The van der Waals surface area contributed by atoms with Crippen LogP contribution in [-0.2, 0) is 8.85 Å². The summed E-state index contributed by atoms with van der Waals surface area (Å²) in [6, 6.07) is 0.985. The molecule has 0 aliphatic rings. The standard InChI is InChI=1S/C9H21ClO2Si/c1-5-11-13(4,12-6-2)8-7-9(3)10/h9H,5-8H2,1-4H3. The fraction of sp³-hybridized carbons (Fsp3) is 1.00. The highest BCUT2D eigenvalue weighted by molar-refractivity contribution is 6.66. The Morgan fingerprint density at radius 2 is 1.69 bits per heavy atom. The molecule has 0 heterocycles. The maximum absolute atomic E-state index is 5.90. The molecular formula is C9H21ClO2Si. The van der Waals surface area contributed by atoms with Gasteiger partial charge < -0.3 is 8.85 Å². The molecular weight excluding hydrogens is 204 g/mol. The zero-order valence-corrected chi connectivity index (χ0v) is 10.9. The largest absolute Gasteiger partial charge is 0.395 e. The summed E-state index contributed by atoms with van der Waals surface area (Å²) >= 11 is 5.90. The van der Waals surface area contributed by atoms with Crippen LogP contribution in [-0.4, -0.2) is 27.2 Å². The molecule has 4 heteroatoms. The molecule has 0 aromatic rings. The van der Waals surface area contributed by atoms with E-state index in [0.717, 1.165) is 25.7 Å². The molecule has 0 aromatic heterocycles. The summed E-state index contributed by atoms with van der Waals surface area (Å²) in [5.41, 5.74) is 0. The van der Waals surface area contributed by atoms with Crippen molar-refractivity contribution >= 4 is 20.2 Å². The zero-order valence-electron chi connectivity index (χ0n) is 9.10. The van der Waals surface area contributed by atoms with Crippen LogP contribution in [0.2, 0.25) is 12.6 Å². The topological polar surface area (TPSA) is 18.5 Å². The van der Waals surface area contributed by atoms with Crippen molar-refractivity contribution in [2.45, 2.75) is 45.2 Å². The highest BCUT2D eigenvalue weighted by atomic mass is 35.5. The Balaban J connectivity index is 3.91. The normalized spacial score (nSPS) is 14.5. The first kappa shape index (κ1) is 13.4. The van der Waals surface area contributed by atoms with E-state index >= 15 is 0 Å². The Kier molecular flexibility index (Phi) is 7.04. The Labute approximate surface area is 87.8 Å². The van der Waals surface area contributed by atoms with E-state index in [4.69, 9.17) is 20.5 Å². The SMILES string of the molecule is CCO[Si](C)(CCC(C)Cl)OCC. The first-order valence-electron chi connectivity index (χ1n) is 4.96. The Morgan fingerprint density at radius 1 is 1.23 bits per heavy atom. The fourth-order valence-electron chi connectivity index (χ4n) is 1.26. The van der Waals surface area contributed by atoms with Gasteiger partial charge in [-0.2, -0.15) is 0 Å². The van der Waals surface area contributed by atoms with Gasteiger partial charge in [0.25, 0.3) is 0 Å². The third-order valence-corrected chi connectivity index (χ3v) is 5.11. The third-order valence-electron chi connectivity index (χ3n) is 1.90. The first-order chi connectivity index (χ1) is 6.04. The Hall–Kier alpha value is 0.427. The van der Waals surface area contributed by atoms with Gasteiger partial charge in [-0.25, -0.2) is 0 Å². The second-order valence-corrected chi connectivity index (χ2v) is 7.41. The van der Waals surface area contributed by atoms with Gasteiger partial charge in [-0.1, -0.05) is 0 Å². The second kappa shape index (κ2) is 6.82. The smallest absolute Gasteiger partial charge is 0.334 e. The Morgan fingerprint density at radius 3 is 2.00 bits per heavy atom. The van der Waals surface area contributed by atoms with Crippen molar-refractivity contribution in [2.75, 3.05) is 13.2 Å². The lowest BCUT2D eigenvalue weighted by atomic mass is 10.4. The number of hydrogen-bond acceptors (Lipinski definition) is 2. The van der Waals surface area contributed by atoms with Crippen molar-refractivity contribution in [2.24, 2.45) is 0 Å². The summed E-state index contributed by atoms with van der Waals surface area (Å²) < 4.78 is 11.4. The molecule has 0 rings (SSSR count). The second-order valence-electron chi connectivity index (χ2n) is 3.32. The quantitative estimate of drug-likeness (QED) is 0.489. The molecule has 0 aliphatic carbocycles. The molecule has 0 aromatic carbocycles. The monoisotopic (exact) mass is 224 g/mol. The maximum Gasteiger partial charge on any atom is 0.334 e. The Bertz CT molecular complexity index is 125. The molecule has 0 fully saturated rings. The molecule has 0 saturated carbocycles. The van der Waals surface area contributed by atoms with Crippen LogP contribution in [0.15, 0.2) is 0 Å². The molecule has 1 unspecified atom stereocenters. The van der Waals surface area contributed by atoms with Gasteiger partial charge in [0.1, 0.15) is 0 Å². The van der Waals surface area contributed by atoms with Crippen molar-refractivity contribution in [3.63, 3.8) is 0 Å². The lowest BCUT2D eigenvalue weighted by molar-refractivity contribution is 0.188. The van der Waals surface area contributed by atoms with Crippen molar-refractivity contribution in [3.05, 3.63) is 0 Å². The lowest BCUT2D eigenvalue weighted by Crippen LogP contribution is -2.39. The molecule has 13 heavy (non-hydrogen) atoms. The molecule has 0 spiro atoms. The van der Waals surface area contributed by atoms with Gasteiger partial charge in [0.2, 0.25) is 0 Å². The van der Waals surface area contributed by atoms with Gasteiger partial charge >= 0.3 is 8.56 Å². The van der Waals surface area contributed by atoms with E-state index in [0.29, 0.717) is 0 Å². The van der Waals surface area contributed by atoms with Gasteiger partial charge in [-0.05, 0) is 39.8 Å². The van der Waals surface area contributed by atoms with Crippen LogP contribution in [0.1, 0.15) is 27.2 Å². The average molecular weight is 225 g/mol. The number of hydrogen-bond donors (Lipinski definition) is 0. The van der Waals surface area contributed by atoms with E-state index in [-0.39, 0.29) is 5.38 Å². The van der Waals surface area contributed by atoms with Crippen molar-refractivity contribution in [3.8, 4) is 0 Å². The van der Waals surface area contributed by atoms with Gasteiger partial charge in [-0.15, -0.1) is 11.6 Å². The van der Waals surface area contributed by atoms with Crippen molar-refractivity contribution in [1.29, 1.82) is 0 Å². The van der Waals surface area contributed by atoms with Gasteiger partial charge in [0.05, 0.1) is 0 Å². The number of alkyl halides is 1. The van der Waals surface area contributed by atoms with Crippen molar-refractivity contribution < 1.29 is 8.85 Å². The number of halogens is 1. The molecule has 1 atom stereocenters. The molecule has 0 aliphatic heterocycles. The van der Waals surface area contributed by atoms with Crippen LogP contribution in [0.5, 0.6) is 0 Å². The van der Waals surface area contributed by atoms with Crippen LogP contribution in [0.25, 0.3) is 0 Å². The number of rotatable bonds is 7. The van der Waals surface area contributed by atoms with Gasteiger partial charge in [-0.3, -0.25) is 0 Å².